The SMILES string of the molecule is O=C(O)/C=C1\c2ccccc2-c2cc(Cl)cc(Cl)c21. The summed E-state index contributed by atoms with van der Waals surface area (Å²) in [6, 6.07) is 11.0. The quantitative estimate of drug-likeness (QED) is 0.671. The van der Waals surface area contributed by atoms with Gasteiger partial charge in [0.15, 0.2) is 0 Å². The summed E-state index contributed by atoms with van der Waals surface area (Å²) in [5.41, 5.74) is 4.05. The van der Waals surface area contributed by atoms with E-state index in [0.29, 0.717) is 15.6 Å². The summed E-state index contributed by atoms with van der Waals surface area (Å²) in [5, 5.41) is 10.0. The van der Waals surface area contributed by atoms with Crippen LogP contribution in [0.5, 0.6) is 0 Å². The Hall–Kier alpha value is -1.77. The van der Waals surface area contributed by atoms with Crippen molar-refractivity contribution in [3.63, 3.8) is 0 Å². The maximum absolute atomic E-state index is 11.0. The van der Waals surface area contributed by atoms with Gasteiger partial charge in [-0.25, -0.2) is 4.79 Å². The van der Waals surface area contributed by atoms with Crippen LogP contribution in [0.3, 0.4) is 0 Å². The maximum atomic E-state index is 11.0. The predicted molar refractivity (Wildman–Crippen MR) is 76.6 cm³/mol. The lowest BCUT2D eigenvalue weighted by atomic mass is 10.0. The second kappa shape index (κ2) is 4.41. The molecule has 0 saturated heterocycles. The van der Waals surface area contributed by atoms with E-state index in [2.05, 4.69) is 0 Å². The zero-order valence-electron chi connectivity index (χ0n) is 9.65. The third-order valence-corrected chi connectivity index (χ3v) is 3.62. The van der Waals surface area contributed by atoms with Crippen LogP contribution < -0.4 is 0 Å². The first-order valence-electron chi connectivity index (χ1n) is 5.62. The molecular formula is C15H8Cl2O2. The lowest BCUT2D eigenvalue weighted by molar-refractivity contribution is -0.131. The summed E-state index contributed by atoms with van der Waals surface area (Å²) in [4.78, 5) is 11.0. The number of aliphatic carboxylic acids is 1. The van der Waals surface area contributed by atoms with Gasteiger partial charge in [-0.1, -0.05) is 47.5 Å². The van der Waals surface area contributed by atoms with Crippen molar-refractivity contribution < 1.29 is 9.90 Å². The molecule has 0 heterocycles. The van der Waals surface area contributed by atoms with Crippen molar-refractivity contribution >= 4 is 34.7 Å². The molecule has 0 saturated carbocycles. The van der Waals surface area contributed by atoms with Crippen LogP contribution in [-0.4, -0.2) is 11.1 Å². The van der Waals surface area contributed by atoms with Crippen molar-refractivity contribution in [2.45, 2.75) is 0 Å². The Morgan fingerprint density at radius 2 is 1.74 bits per heavy atom. The molecule has 94 valence electrons. The molecule has 1 aliphatic rings. The molecule has 3 rings (SSSR count). The fourth-order valence-corrected chi connectivity index (χ4v) is 3.02. The Morgan fingerprint density at radius 3 is 2.42 bits per heavy atom. The van der Waals surface area contributed by atoms with Gasteiger partial charge in [-0.15, -0.1) is 0 Å². The first kappa shape index (κ1) is 12.3. The zero-order chi connectivity index (χ0) is 13.6. The minimum atomic E-state index is -0.997. The topological polar surface area (TPSA) is 37.3 Å². The number of hydrogen-bond acceptors (Lipinski definition) is 1. The number of carboxylic acids is 1. The summed E-state index contributed by atoms with van der Waals surface area (Å²) in [7, 11) is 0. The third-order valence-electron chi connectivity index (χ3n) is 3.10. The molecule has 19 heavy (non-hydrogen) atoms. The van der Waals surface area contributed by atoms with Gasteiger partial charge >= 0.3 is 5.97 Å². The number of rotatable bonds is 1. The Labute approximate surface area is 119 Å². The minimum Gasteiger partial charge on any atom is -0.478 e. The normalized spacial score (nSPS) is 14.3. The number of benzene rings is 2. The third kappa shape index (κ3) is 1.93. The van der Waals surface area contributed by atoms with Gasteiger partial charge in [0.1, 0.15) is 0 Å². The molecule has 0 fully saturated rings. The smallest absolute Gasteiger partial charge is 0.328 e. The van der Waals surface area contributed by atoms with Crippen molar-refractivity contribution in [3.8, 4) is 11.1 Å². The summed E-state index contributed by atoms with van der Waals surface area (Å²) in [6.45, 7) is 0. The number of carboxylic acid groups (broad SMARTS) is 1. The van der Waals surface area contributed by atoms with Crippen molar-refractivity contribution in [2.75, 3.05) is 0 Å². The minimum absolute atomic E-state index is 0.464. The Balaban J connectivity index is 2.40. The van der Waals surface area contributed by atoms with Gasteiger partial charge in [0.25, 0.3) is 0 Å². The van der Waals surface area contributed by atoms with E-state index >= 15 is 0 Å². The molecule has 1 N–H and O–H groups in total. The second-order valence-corrected chi connectivity index (χ2v) is 5.10. The van der Waals surface area contributed by atoms with E-state index in [4.69, 9.17) is 28.3 Å². The van der Waals surface area contributed by atoms with Gasteiger partial charge in [0.05, 0.1) is 5.02 Å². The van der Waals surface area contributed by atoms with Crippen molar-refractivity contribution in [1.82, 2.24) is 0 Å². The molecule has 0 unspecified atom stereocenters. The molecule has 0 radical (unpaired) electrons. The van der Waals surface area contributed by atoms with Crippen LogP contribution in [0.2, 0.25) is 10.0 Å². The van der Waals surface area contributed by atoms with E-state index in [1.807, 2.05) is 30.3 Å². The van der Waals surface area contributed by atoms with Gasteiger partial charge in [-0.3, -0.25) is 0 Å². The van der Waals surface area contributed by atoms with Crippen LogP contribution in [0, 0.1) is 0 Å². The van der Waals surface area contributed by atoms with Gasteiger partial charge < -0.3 is 5.11 Å². The molecule has 2 nitrogen and oxygen atoms in total. The van der Waals surface area contributed by atoms with Crippen LogP contribution in [0.25, 0.3) is 16.7 Å². The summed E-state index contributed by atoms with van der Waals surface area (Å²) >= 11 is 12.3. The highest BCUT2D eigenvalue weighted by molar-refractivity contribution is 6.37. The van der Waals surface area contributed by atoms with Crippen LogP contribution in [0.15, 0.2) is 42.5 Å². The molecule has 0 aromatic heterocycles. The number of hydrogen-bond donors (Lipinski definition) is 1. The number of carbonyl (C=O) groups is 1. The van der Waals surface area contributed by atoms with Gasteiger partial charge in [-0.2, -0.15) is 0 Å². The highest BCUT2D eigenvalue weighted by Gasteiger charge is 2.26. The fourth-order valence-electron chi connectivity index (χ4n) is 2.42. The highest BCUT2D eigenvalue weighted by Crippen LogP contribution is 2.48. The number of halogens is 2. The lowest BCUT2D eigenvalue weighted by Crippen LogP contribution is -1.92. The van der Waals surface area contributed by atoms with E-state index < -0.39 is 5.97 Å². The van der Waals surface area contributed by atoms with E-state index in [1.54, 1.807) is 6.07 Å². The molecular weight excluding hydrogens is 283 g/mol. The van der Waals surface area contributed by atoms with Crippen LogP contribution in [0.1, 0.15) is 11.1 Å². The fraction of sp³-hybridized carbons (Fsp3) is 0. The average molecular weight is 291 g/mol. The van der Waals surface area contributed by atoms with Gasteiger partial charge in [-0.05, 0) is 34.4 Å². The van der Waals surface area contributed by atoms with Crippen molar-refractivity contribution in [3.05, 3.63) is 63.6 Å². The van der Waals surface area contributed by atoms with Crippen LogP contribution >= 0.6 is 23.2 Å². The monoisotopic (exact) mass is 290 g/mol. The van der Waals surface area contributed by atoms with Crippen molar-refractivity contribution in [2.24, 2.45) is 0 Å². The maximum Gasteiger partial charge on any atom is 0.328 e. The largest absolute Gasteiger partial charge is 0.478 e. The summed E-state index contributed by atoms with van der Waals surface area (Å²) in [5.74, 6) is -0.997. The van der Waals surface area contributed by atoms with Crippen LogP contribution in [0.4, 0.5) is 0 Å². The highest BCUT2D eigenvalue weighted by atomic mass is 35.5. The Morgan fingerprint density at radius 1 is 1.05 bits per heavy atom. The molecule has 0 spiro atoms. The predicted octanol–water partition coefficient (Wildman–Crippen LogP) is 4.49. The molecule has 0 amide bonds. The second-order valence-electron chi connectivity index (χ2n) is 4.25. The molecule has 0 atom stereocenters. The molecule has 2 aromatic rings. The van der Waals surface area contributed by atoms with Crippen LogP contribution in [-0.2, 0) is 4.79 Å². The Kier molecular flexibility index (Phi) is 2.85. The van der Waals surface area contributed by atoms with E-state index in [1.165, 1.54) is 6.08 Å². The van der Waals surface area contributed by atoms with Crippen molar-refractivity contribution in [1.29, 1.82) is 0 Å². The van der Waals surface area contributed by atoms with Gasteiger partial charge in [0.2, 0.25) is 0 Å². The standard InChI is InChI=1S/C15H8Cl2O2/c16-8-5-11-9-3-1-2-4-10(9)12(7-14(18)19)15(11)13(17)6-8/h1-7H,(H,18,19)/b12-7+. The Bertz CT molecular complexity index is 733. The van der Waals surface area contributed by atoms with E-state index in [9.17, 15) is 4.79 Å². The van der Waals surface area contributed by atoms with E-state index in [0.717, 1.165) is 22.3 Å². The molecule has 4 heteroatoms. The summed E-state index contributed by atoms with van der Waals surface area (Å²) in [6.07, 6.45) is 1.18. The van der Waals surface area contributed by atoms with E-state index in [-0.39, 0.29) is 0 Å². The average Bonchev–Trinajstić information content (AvgIpc) is 2.64. The first-order valence-corrected chi connectivity index (χ1v) is 6.37. The molecule has 0 aliphatic heterocycles. The lowest BCUT2D eigenvalue weighted by Gasteiger charge is -2.05. The zero-order valence-corrected chi connectivity index (χ0v) is 11.2. The summed E-state index contributed by atoms with van der Waals surface area (Å²) < 4.78 is 0. The first-order chi connectivity index (χ1) is 9.08. The van der Waals surface area contributed by atoms with Gasteiger partial charge in [0, 0.05) is 16.7 Å². The molecule has 2 aromatic carbocycles. The molecule has 1 aliphatic carbocycles. The number of fused-ring (bicyclic) bond motifs is 3. The molecule has 0 bridgehead atoms.